The largest absolute Gasteiger partial charge is 0.360 e. The van der Waals surface area contributed by atoms with E-state index in [0.717, 1.165) is 0 Å². The summed E-state index contributed by atoms with van der Waals surface area (Å²) in [7, 11) is -3.99. The molecule has 1 atom stereocenters. The third kappa shape index (κ3) is 3.95. The second-order valence-electron chi connectivity index (χ2n) is 4.01. The van der Waals surface area contributed by atoms with Gasteiger partial charge in [0.2, 0.25) is 0 Å². The van der Waals surface area contributed by atoms with E-state index in [4.69, 9.17) is 10.3 Å². The van der Waals surface area contributed by atoms with Crippen molar-refractivity contribution in [3.05, 3.63) is 11.5 Å². The third-order valence-electron chi connectivity index (χ3n) is 2.44. The van der Waals surface area contributed by atoms with Gasteiger partial charge in [0.25, 0.3) is 15.9 Å². The number of sulfonamides is 1. The summed E-state index contributed by atoms with van der Waals surface area (Å²) in [6, 6.07) is -0.859. The van der Waals surface area contributed by atoms with E-state index < -0.39 is 22.0 Å². The normalized spacial score (nSPS) is 13.3. The molecular weight excluding hydrogens is 290 g/mol. The number of nitrogens with two attached hydrogens (primary N) is 1. The summed E-state index contributed by atoms with van der Waals surface area (Å²) in [5.41, 5.74) is 5.82. The number of carbonyl (C=O) groups excluding carboxylic acids is 1. The van der Waals surface area contributed by atoms with Crippen LogP contribution in [0.3, 0.4) is 0 Å². The molecule has 9 heteroatoms. The van der Waals surface area contributed by atoms with E-state index >= 15 is 0 Å². The highest BCUT2D eigenvalue weighted by atomic mass is 32.2. The van der Waals surface area contributed by atoms with Crippen LogP contribution in [0.5, 0.6) is 0 Å². The Hall–Kier alpha value is -1.06. The summed E-state index contributed by atoms with van der Waals surface area (Å²) < 4.78 is 30.8. The zero-order valence-corrected chi connectivity index (χ0v) is 12.6. The van der Waals surface area contributed by atoms with Crippen LogP contribution in [-0.2, 0) is 14.8 Å². The van der Waals surface area contributed by atoms with Crippen LogP contribution in [0.25, 0.3) is 0 Å². The SMILES string of the molecule is CSCC[C@H](N)C(=O)NS(=O)(=O)c1c(C)noc1C. The van der Waals surface area contributed by atoms with Crippen molar-refractivity contribution in [3.8, 4) is 0 Å². The van der Waals surface area contributed by atoms with Crippen LogP contribution in [0, 0.1) is 13.8 Å². The molecule has 1 amide bonds. The molecule has 1 heterocycles. The minimum absolute atomic E-state index is 0.113. The molecule has 0 fully saturated rings. The van der Waals surface area contributed by atoms with Crippen molar-refractivity contribution in [2.45, 2.75) is 31.2 Å². The number of rotatable bonds is 6. The first-order valence-corrected chi connectivity index (χ1v) is 8.41. The Morgan fingerprint density at radius 3 is 2.63 bits per heavy atom. The summed E-state index contributed by atoms with van der Waals surface area (Å²) in [5.74, 6) is 0.0875. The maximum absolute atomic E-state index is 12.0. The van der Waals surface area contributed by atoms with Gasteiger partial charge in [0.1, 0.15) is 5.69 Å². The molecule has 0 aromatic carbocycles. The molecule has 0 unspecified atom stereocenters. The third-order valence-corrected chi connectivity index (χ3v) is 4.68. The molecule has 0 aliphatic carbocycles. The number of thioether (sulfide) groups is 1. The predicted octanol–water partition coefficient (Wildman–Crippen LogP) is 0.177. The van der Waals surface area contributed by atoms with Crippen LogP contribution >= 0.6 is 11.8 Å². The Balaban J connectivity index is 2.84. The zero-order valence-electron chi connectivity index (χ0n) is 11.0. The smallest absolute Gasteiger partial charge is 0.269 e. The number of amides is 1. The fourth-order valence-electron chi connectivity index (χ4n) is 1.49. The van der Waals surface area contributed by atoms with Gasteiger partial charge in [-0.3, -0.25) is 4.79 Å². The van der Waals surface area contributed by atoms with Gasteiger partial charge < -0.3 is 10.3 Å². The van der Waals surface area contributed by atoms with E-state index in [1.807, 2.05) is 11.0 Å². The lowest BCUT2D eigenvalue weighted by Crippen LogP contribution is -2.43. The Bertz CT molecular complexity index is 534. The molecule has 0 spiro atoms. The average molecular weight is 307 g/mol. The molecule has 1 aromatic heterocycles. The van der Waals surface area contributed by atoms with E-state index in [2.05, 4.69) is 5.16 Å². The predicted molar refractivity (Wildman–Crippen MR) is 72.3 cm³/mol. The minimum atomic E-state index is -3.99. The van der Waals surface area contributed by atoms with Gasteiger partial charge in [0, 0.05) is 0 Å². The van der Waals surface area contributed by atoms with E-state index in [1.165, 1.54) is 25.6 Å². The van der Waals surface area contributed by atoms with E-state index in [0.29, 0.717) is 12.2 Å². The van der Waals surface area contributed by atoms with Crippen molar-refractivity contribution in [1.82, 2.24) is 9.88 Å². The van der Waals surface area contributed by atoms with Crippen molar-refractivity contribution in [3.63, 3.8) is 0 Å². The molecule has 0 saturated heterocycles. The topological polar surface area (TPSA) is 115 Å². The molecule has 0 bridgehead atoms. The molecule has 3 N–H and O–H groups in total. The van der Waals surface area contributed by atoms with Gasteiger partial charge in [-0.2, -0.15) is 11.8 Å². The van der Waals surface area contributed by atoms with Gasteiger partial charge in [0.15, 0.2) is 10.7 Å². The number of carbonyl (C=O) groups is 1. The van der Waals surface area contributed by atoms with Gasteiger partial charge >= 0.3 is 0 Å². The molecule has 19 heavy (non-hydrogen) atoms. The van der Waals surface area contributed by atoms with Gasteiger partial charge in [-0.1, -0.05) is 5.16 Å². The Morgan fingerprint density at radius 1 is 1.53 bits per heavy atom. The van der Waals surface area contributed by atoms with E-state index in [1.54, 1.807) is 0 Å². The Kier molecular flexibility index (Phi) is 5.39. The lowest BCUT2D eigenvalue weighted by Gasteiger charge is -2.11. The van der Waals surface area contributed by atoms with Crippen LogP contribution in [0.2, 0.25) is 0 Å². The molecule has 0 aliphatic heterocycles. The van der Waals surface area contributed by atoms with E-state index in [-0.39, 0.29) is 16.3 Å². The maximum Gasteiger partial charge on any atom is 0.269 e. The molecule has 0 saturated carbocycles. The van der Waals surface area contributed by atoms with Crippen molar-refractivity contribution in [2.24, 2.45) is 5.73 Å². The van der Waals surface area contributed by atoms with E-state index in [9.17, 15) is 13.2 Å². The van der Waals surface area contributed by atoms with Crippen molar-refractivity contribution >= 4 is 27.7 Å². The standard InChI is InChI=1S/C10H17N3O4S2/c1-6-9(7(2)17-12-6)19(15,16)13-10(14)8(11)4-5-18-3/h8H,4-5,11H2,1-3H3,(H,13,14)/t8-/m0/s1. The molecule has 1 aromatic rings. The van der Waals surface area contributed by atoms with Crippen molar-refractivity contribution in [1.29, 1.82) is 0 Å². The summed E-state index contributed by atoms with van der Waals surface area (Å²) in [6.07, 6.45) is 2.29. The van der Waals surface area contributed by atoms with Gasteiger partial charge in [0.05, 0.1) is 6.04 Å². The number of aromatic nitrogens is 1. The van der Waals surface area contributed by atoms with Crippen LogP contribution < -0.4 is 10.5 Å². The molecule has 7 nitrogen and oxygen atoms in total. The Labute approximate surface area is 116 Å². The molecule has 0 aliphatic rings. The highest BCUT2D eigenvalue weighted by Crippen LogP contribution is 2.18. The average Bonchev–Trinajstić information content (AvgIpc) is 2.65. The first kappa shape index (κ1) is 16.0. The van der Waals surface area contributed by atoms with Gasteiger partial charge in [-0.25, -0.2) is 13.1 Å². The summed E-state index contributed by atoms with van der Waals surface area (Å²) in [6.45, 7) is 2.95. The lowest BCUT2D eigenvalue weighted by atomic mass is 10.2. The highest BCUT2D eigenvalue weighted by molar-refractivity contribution is 7.98. The maximum atomic E-state index is 12.0. The number of hydrogen-bond donors (Lipinski definition) is 2. The second-order valence-corrected chi connectivity index (χ2v) is 6.62. The quantitative estimate of drug-likeness (QED) is 0.770. The first-order chi connectivity index (χ1) is 8.79. The lowest BCUT2D eigenvalue weighted by molar-refractivity contribution is -0.120. The minimum Gasteiger partial charge on any atom is -0.360 e. The van der Waals surface area contributed by atoms with Gasteiger partial charge in [-0.15, -0.1) is 0 Å². The van der Waals surface area contributed by atoms with Crippen LogP contribution in [-0.4, -0.2) is 37.5 Å². The first-order valence-electron chi connectivity index (χ1n) is 5.53. The molecule has 1 rings (SSSR count). The fraction of sp³-hybridized carbons (Fsp3) is 0.600. The fourth-order valence-corrected chi connectivity index (χ4v) is 3.34. The molecular formula is C10H17N3O4S2. The Morgan fingerprint density at radius 2 is 2.16 bits per heavy atom. The number of nitrogens with one attached hydrogen (secondary N) is 1. The summed E-state index contributed by atoms with van der Waals surface area (Å²) in [4.78, 5) is 11.6. The molecule has 108 valence electrons. The number of aryl methyl sites for hydroxylation is 2. The molecule has 0 radical (unpaired) electrons. The highest BCUT2D eigenvalue weighted by Gasteiger charge is 2.27. The zero-order chi connectivity index (χ0) is 14.6. The number of nitrogens with zero attached hydrogens (tertiary/aromatic N) is 1. The van der Waals surface area contributed by atoms with Crippen LogP contribution in [0.4, 0.5) is 0 Å². The second kappa shape index (κ2) is 6.40. The van der Waals surface area contributed by atoms with Crippen molar-refractivity contribution in [2.75, 3.05) is 12.0 Å². The van der Waals surface area contributed by atoms with Crippen LogP contribution in [0.1, 0.15) is 17.9 Å². The van der Waals surface area contributed by atoms with Crippen molar-refractivity contribution < 1.29 is 17.7 Å². The summed E-state index contributed by atoms with van der Waals surface area (Å²) >= 11 is 1.53. The van der Waals surface area contributed by atoms with Crippen LogP contribution in [0.15, 0.2) is 9.42 Å². The monoisotopic (exact) mass is 307 g/mol. The van der Waals surface area contributed by atoms with Gasteiger partial charge in [-0.05, 0) is 32.3 Å². The summed E-state index contributed by atoms with van der Waals surface area (Å²) in [5, 5.41) is 3.54. The number of hydrogen-bond acceptors (Lipinski definition) is 7.